The monoisotopic (exact) mass is 384 g/mol. The van der Waals surface area contributed by atoms with Gasteiger partial charge in [-0.1, -0.05) is 6.42 Å². The average Bonchev–Trinajstić information content (AvgIpc) is 3.37. The molecular formula is C21H25FN4O2. The zero-order valence-corrected chi connectivity index (χ0v) is 16.0. The highest BCUT2D eigenvalue weighted by molar-refractivity contribution is 5.93. The molecule has 0 saturated carbocycles. The quantitative estimate of drug-likeness (QED) is 0.550. The molecule has 1 amide bonds. The summed E-state index contributed by atoms with van der Waals surface area (Å²) in [5.41, 5.74) is 8.80. The Morgan fingerprint density at radius 3 is 2.71 bits per heavy atom. The van der Waals surface area contributed by atoms with Crippen molar-refractivity contribution in [2.45, 2.75) is 32.2 Å². The number of benzene rings is 1. The lowest BCUT2D eigenvalue weighted by Crippen LogP contribution is -2.27. The normalized spacial score (nSPS) is 11.0. The van der Waals surface area contributed by atoms with E-state index in [0.717, 1.165) is 42.6 Å². The number of carbonyl (C=O) groups is 1. The van der Waals surface area contributed by atoms with Crippen molar-refractivity contribution < 1.29 is 13.6 Å². The first-order valence-electron chi connectivity index (χ1n) is 9.40. The Morgan fingerprint density at radius 2 is 2.00 bits per heavy atom. The second kappa shape index (κ2) is 9.32. The van der Waals surface area contributed by atoms with Gasteiger partial charge in [0.15, 0.2) is 0 Å². The summed E-state index contributed by atoms with van der Waals surface area (Å²) in [4.78, 5) is 14.0. The molecule has 28 heavy (non-hydrogen) atoms. The number of nitrogens with zero attached hydrogens (tertiary/aromatic N) is 2. The number of nitrogens with one attached hydrogen (secondary N) is 1. The number of aryl methyl sites for hydroxylation is 1. The fourth-order valence-electron chi connectivity index (χ4n) is 3.02. The molecule has 6 nitrogen and oxygen atoms in total. The van der Waals surface area contributed by atoms with Crippen molar-refractivity contribution in [2.24, 2.45) is 5.73 Å². The lowest BCUT2D eigenvalue weighted by atomic mass is 10.1. The molecule has 0 unspecified atom stereocenters. The summed E-state index contributed by atoms with van der Waals surface area (Å²) in [7, 11) is 1.79. The van der Waals surface area contributed by atoms with E-state index in [1.54, 1.807) is 30.1 Å². The van der Waals surface area contributed by atoms with E-state index in [1.165, 1.54) is 18.4 Å². The number of hydrogen-bond donors (Lipinski definition) is 2. The number of carbonyl (C=O) groups excluding carboxylic acids is 1. The number of aromatic nitrogens is 2. The summed E-state index contributed by atoms with van der Waals surface area (Å²) in [6.07, 6.45) is 5.26. The zero-order valence-electron chi connectivity index (χ0n) is 16.0. The number of hydrogen-bond acceptors (Lipinski definition) is 4. The van der Waals surface area contributed by atoms with E-state index < -0.39 is 0 Å². The molecule has 1 aromatic carbocycles. The maximum absolute atomic E-state index is 13.0. The third kappa shape index (κ3) is 5.07. The van der Waals surface area contributed by atoms with Gasteiger partial charge in [0.1, 0.15) is 17.8 Å². The number of H-pyrrole nitrogens is 1. The van der Waals surface area contributed by atoms with Crippen LogP contribution >= 0.6 is 0 Å². The molecule has 2 heterocycles. The van der Waals surface area contributed by atoms with Gasteiger partial charge in [-0.3, -0.25) is 9.89 Å². The van der Waals surface area contributed by atoms with E-state index >= 15 is 0 Å². The van der Waals surface area contributed by atoms with Gasteiger partial charge in [0, 0.05) is 24.8 Å². The smallest absolute Gasteiger partial charge is 0.256 e. The molecule has 3 rings (SSSR count). The molecule has 3 aromatic rings. The topological polar surface area (TPSA) is 88.2 Å². The van der Waals surface area contributed by atoms with Crippen molar-refractivity contribution in [3.63, 3.8) is 0 Å². The molecule has 2 aromatic heterocycles. The largest absolute Gasteiger partial charge is 0.467 e. The zero-order chi connectivity index (χ0) is 19.9. The molecule has 0 radical (unpaired) electrons. The summed E-state index contributed by atoms with van der Waals surface area (Å²) in [5, 5.41) is 7.33. The summed E-state index contributed by atoms with van der Waals surface area (Å²) in [6.45, 7) is 0.971. The number of aromatic amines is 1. The van der Waals surface area contributed by atoms with Crippen molar-refractivity contribution in [3.05, 3.63) is 65.5 Å². The van der Waals surface area contributed by atoms with Crippen LogP contribution in [0.4, 0.5) is 4.39 Å². The van der Waals surface area contributed by atoms with Crippen LogP contribution < -0.4 is 5.73 Å². The third-order valence-electron chi connectivity index (χ3n) is 4.66. The van der Waals surface area contributed by atoms with Crippen LogP contribution in [0, 0.1) is 5.82 Å². The fraction of sp³-hybridized carbons (Fsp3) is 0.333. The summed E-state index contributed by atoms with van der Waals surface area (Å²) >= 11 is 0. The highest BCUT2D eigenvalue weighted by Gasteiger charge is 2.14. The van der Waals surface area contributed by atoms with Crippen LogP contribution in [-0.2, 0) is 13.0 Å². The maximum Gasteiger partial charge on any atom is 0.256 e. The van der Waals surface area contributed by atoms with Gasteiger partial charge in [0.2, 0.25) is 0 Å². The van der Waals surface area contributed by atoms with Crippen molar-refractivity contribution >= 4 is 5.91 Å². The second-order valence-electron chi connectivity index (χ2n) is 6.83. The van der Waals surface area contributed by atoms with Crippen LogP contribution in [0.3, 0.4) is 0 Å². The van der Waals surface area contributed by atoms with Gasteiger partial charge in [0.25, 0.3) is 5.91 Å². The number of halogens is 1. The van der Waals surface area contributed by atoms with Gasteiger partial charge in [-0.25, -0.2) is 4.39 Å². The molecule has 0 aliphatic heterocycles. The Kier molecular flexibility index (Phi) is 6.60. The van der Waals surface area contributed by atoms with Gasteiger partial charge in [-0.2, -0.15) is 5.10 Å². The van der Waals surface area contributed by atoms with Gasteiger partial charge in [-0.05, 0) is 55.7 Å². The molecule has 148 valence electrons. The van der Waals surface area contributed by atoms with E-state index in [1.807, 2.05) is 6.07 Å². The van der Waals surface area contributed by atoms with E-state index in [-0.39, 0.29) is 18.3 Å². The van der Waals surface area contributed by atoms with Crippen molar-refractivity contribution in [2.75, 3.05) is 13.6 Å². The molecule has 0 aliphatic rings. The summed E-state index contributed by atoms with van der Waals surface area (Å²) in [5.74, 6) is 0.299. The van der Waals surface area contributed by atoms with Crippen molar-refractivity contribution in [1.82, 2.24) is 15.1 Å². The van der Waals surface area contributed by atoms with Crippen LogP contribution in [-0.4, -0.2) is 34.6 Å². The Morgan fingerprint density at radius 1 is 1.21 bits per heavy atom. The molecular weight excluding hydrogens is 359 g/mol. The average molecular weight is 384 g/mol. The minimum Gasteiger partial charge on any atom is -0.467 e. The molecule has 0 aliphatic carbocycles. The van der Waals surface area contributed by atoms with E-state index in [2.05, 4.69) is 10.2 Å². The molecule has 0 saturated heterocycles. The molecule has 3 N–H and O–H groups in total. The standard InChI is InChI=1S/C21H25FN4O2/c1-26(21(27)16-11-19(13-23)28-14-16)10-4-2-3-5-18-12-20(25-24-18)15-6-8-17(22)9-7-15/h6-9,11-12,14H,2-5,10,13,23H2,1H3,(H,24,25). The van der Waals surface area contributed by atoms with Crippen molar-refractivity contribution in [1.29, 1.82) is 0 Å². The van der Waals surface area contributed by atoms with Gasteiger partial charge >= 0.3 is 0 Å². The predicted octanol–water partition coefficient (Wildman–Crippen LogP) is 3.75. The predicted molar refractivity (Wildman–Crippen MR) is 105 cm³/mol. The van der Waals surface area contributed by atoms with Gasteiger partial charge in [-0.15, -0.1) is 0 Å². The summed E-state index contributed by atoms with van der Waals surface area (Å²) < 4.78 is 18.2. The van der Waals surface area contributed by atoms with E-state index in [9.17, 15) is 9.18 Å². The van der Waals surface area contributed by atoms with Crippen molar-refractivity contribution in [3.8, 4) is 11.3 Å². The Hall–Kier alpha value is -2.93. The SMILES string of the molecule is CN(CCCCCc1cc(-c2ccc(F)cc2)n[nH]1)C(=O)c1coc(CN)c1. The minimum atomic E-state index is -0.254. The van der Waals surface area contributed by atoms with Crippen LogP contribution in [0.5, 0.6) is 0 Å². The van der Waals surface area contributed by atoms with E-state index in [0.29, 0.717) is 17.9 Å². The molecule has 0 bridgehead atoms. The Balaban J connectivity index is 1.39. The van der Waals surface area contributed by atoms with E-state index in [4.69, 9.17) is 10.2 Å². The number of unbranched alkanes of at least 4 members (excludes halogenated alkanes) is 2. The minimum absolute atomic E-state index is 0.0547. The third-order valence-corrected chi connectivity index (χ3v) is 4.66. The maximum atomic E-state index is 13.0. The Labute approximate surface area is 163 Å². The highest BCUT2D eigenvalue weighted by atomic mass is 19.1. The highest BCUT2D eigenvalue weighted by Crippen LogP contribution is 2.19. The summed E-state index contributed by atoms with van der Waals surface area (Å²) in [6, 6.07) is 9.99. The lowest BCUT2D eigenvalue weighted by Gasteiger charge is -2.15. The van der Waals surface area contributed by atoms with Gasteiger partial charge in [0.05, 0.1) is 17.8 Å². The molecule has 0 atom stereocenters. The second-order valence-corrected chi connectivity index (χ2v) is 6.83. The van der Waals surface area contributed by atoms with Crippen LogP contribution in [0.15, 0.2) is 47.1 Å². The number of amides is 1. The lowest BCUT2D eigenvalue weighted by molar-refractivity contribution is 0.0792. The van der Waals surface area contributed by atoms with Gasteiger partial charge < -0.3 is 15.1 Å². The molecule has 0 fully saturated rings. The number of nitrogens with two attached hydrogens (primary N) is 1. The first-order chi connectivity index (χ1) is 13.6. The first kappa shape index (κ1) is 19.8. The number of furan rings is 1. The fourth-order valence-corrected chi connectivity index (χ4v) is 3.02. The Bertz CT molecular complexity index is 901. The van der Waals surface area contributed by atoms with Crippen LogP contribution in [0.2, 0.25) is 0 Å². The molecule has 7 heteroatoms. The molecule has 0 spiro atoms. The first-order valence-corrected chi connectivity index (χ1v) is 9.40. The number of rotatable bonds is 9. The van der Waals surface area contributed by atoms with Crippen LogP contribution in [0.25, 0.3) is 11.3 Å². The van der Waals surface area contributed by atoms with Crippen LogP contribution in [0.1, 0.15) is 41.1 Å².